The second kappa shape index (κ2) is 7.41. The summed E-state index contributed by atoms with van der Waals surface area (Å²) in [5, 5.41) is 16.8. The molecule has 4 aliphatic rings. The predicted molar refractivity (Wildman–Crippen MR) is 115 cm³/mol. The lowest BCUT2D eigenvalue weighted by molar-refractivity contribution is -0.146. The highest BCUT2D eigenvalue weighted by atomic mass is 16.3. The van der Waals surface area contributed by atoms with Gasteiger partial charge < -0.3 is 10.4 Å². The number of nitrogens with one attached hydrogen (secondary N) is 2. The van der Waals surface area contributed by atoms with Gasteiger partial charge in [-0.25, -0.2) is 0 Å². The molecule has 1 spiro atoms. The normalized spacial score (nSPS) is 34.1. The number of carbonyl (C=O) groups is 3. The molecule has 0 bridgehead atoms. The van der Waals surface area contributed by atoms with Crippen LogP contribution in [0.5, 0.6) is 0 Å². The third-order valence-corrected chi connectivity index (χ3v) is 7.87. The van der Waals surface area contributed by atoms with E-state index in [9.17, 15) is 19.5 Å². The van der Waals surface area contributed by atoms with E-state index in [-0.39, 0.29) is 23.8 Å². The minimum Gasteiger partial charge on any atom is -0.392 e. The molecule has 7 nitrogen and oxygen atoms in total. The summed E-state index contributed by atoms with van der Waals surface area (Å²) in [7, 11) is 0. The summed E-state index contributed by atoms with van der Waals surface area (Å²) in [6.45, 7) is 3.66. The SMILES string of the molecule is CCc1ccc2c(c1)[C@]1(N[C@@H]([C@H](C)O)[C@H]3C(=O)N(C4CCCCCC4)C(=O)[C@H]31)C(=O)N2. The molecule has 1 aromatic carbocycles. The van der Waals surface area contributed by atoms with Crippen LogP contribution in [0.1, 0.15) is 63.5 Å². The molecule has 3 heterocycles. The van der Waals surface area contributed by atoms with Crippen LogP contribution >= 0.6 is 0 Å². The third-order valence-electron chi connectivity index (χ3n) is 7.87. The number of amides is 3. The summed E-state index contributed by atoms with van der Waals surface area (Å²) < 4.78 is 0. The van der Waals surface area contributed by atoms with Crippen LogP contribution in [-0.4, -0.2) is 45.9 Å². The number of hydrogen-bond donors (Lipinski definition) is 3. The number of rotatable bonds is 3. The number of imide groups is 1. The summed E-state index contributed by atoms with van der Waals surface area (Å²) in [6.07, 6.45) is 5.82. The highest BCUT2D eigenvalue weighted by Gasteiger charge is 2.71. The molecule has 166 valence electrons. The zero-order valence-corrected chi connectivity index (χ0v) is 18.2. The second-order valence-electron chi connectivity index (χ2n) is 9.60. The molecule has 1 saturated carbocycles. The lowest BCUT2D eigenvalue weighted by Crippen LogP contribution is -2.55. The summed E-state index contributed by atoms with van der Waals surface area (Å²) >= 11 is 0. The Bertz CT molecular complexity index is 937. The van der Waals surface area contributed by atoms with Crippen LogP contribution in [-0.2, 0) is 26.3 Å². The molecule has 0 radical (unpaired) electrons. The van der Waals surface area contributed by atoms with Crippen LogP contribution in [0.3, 0.4) is 0 Å². The Hall–Kier alpha value is -2.25. The molecular formula is C24H31N3O4. The molecule has 5 atom stereocenters. The molecule has 0 aromatic heterocycles. The molecule has 0 unspecified atom stereocenters. The van der Waals surface area contributed by atoms with Gasteiger partial charge in [0.05, 0.1) is 17.9 Å². The molecule has 3 N–H and O–H groups in total. The molecule has 3 aliphatic heterocycles. The molecule has 1 aromatic rings. The van der Waals surface area contributed by atoms with Crippen molar-refractivity contribution in [1.82, 2.24) is 10.2 Å². The van der Waals surface area contributed by atoms with Crippen molar-refractivity contribution in [2.75, 3.05) is 5.32 Å². The topological polar surface area (TPSA) is 98.7 Å². The monoisotopic (exact) mass is 425 g/mol. The first kappa shape index (κ1) is 20.6. The van der Waals surface area contributed by atoms with Gasteiger partial charge in [-0.15, -0.1) is 0 Å². The minimum atomic E-state index is -1.32. The van der Waals surface area contributed by atoms with Crippen LogP contribution in [0.25, 0.3) is 0 Å². The molecule has 1 aliphatic carbocycles. The van der Waals surface area contributed by atoms with Crippen molar-refractivity contribution in [3.05, 3.63) is 29.3 Å². The average Bonchev–Trinajstić information content (AvgIpc) is 3.23. The van der Waals surface area contributed by atoms with Gasteiger partial charge in [0, 0.05) is 23.3 Å². The van der Waals surface area contributed by atoms with Crippen molar-refractivity contribution in [2.24, 2.45) is 11.8 Å². The van der Waals surface area contributed by atoms with E-state index in [0.717, 1.165) is 56.1 Å². The smallest absolute Gasteiger partial charge is 0.250 e. The molecule has 3 fully saturated rings. The number of carbonyl (C=O) groups excluding carboxylic acids is 3. The Morgan fingerprint density at radius 1 is 1.13 bits per heavy atom. The van der Waals surface area contributed by atoms with Crippen LogP contribution in [0, 0.1) is 11.8 Å². The number of aliphatic hydroxyl groups is 1. The number of hydrogen-bond acceptors (Lipinski definition) is 5. The van der Waals surface area contributed by atoms with E-state index in [1.807, 2.05) is 25.1 Å². The van der Waals surface area contributed by atoms with Gasteiger partial charge in [-0.1, -0.05) is 44.7 Å². The molecule has 7 heteroatoms. The van der Waals surface area contributed by atoms with Crippen LogP contribution < -0.4 is 10.6 Å². The number of aryl methyl sites for hydroxylation is 1. The van der Waals surface area contributed by atoms with Gasteiger partial charge in [-0.05, 0) is 37.8 Å². The zero-order chi connectivity index (χ0) is 21.9. The molecule has 5 rings (SSSR count). The first-order chi connectivity index (χ1) is 14.9. The Morgan fingerprint density at radius 3 is 2.48 bits per heavy atom. The Labute approximate surface area is 182 Å². The second-order valence-corrected chi connectivity index (χ2v) is 9.60. The van der Waals surface area contributed by atoms with Crippen molar-refractivity contribution in [3.63, 3.8) is 0 Å². The maximum absolute atomic E-state index is 13.9. The quantitative estimate of drug-likeness (QED) is 0.509. The van der Waals surface area contributed by atoms with Gasteiger partial charge in [0.1, 0.15) is 5.54 Å². The predicted octanol–water partition coefficient (Wildman–Crippen LogP) is 2.07. The first-order valence-corrected chi connectivity index (χ1v) is 11.7. The van der Waals surface area contributed by atoms with E-state index in [2.05, 4.69) is 10.6 Å². The van der Waals surface area contributed by atoms with E-state index in [4.69, 9.17) is 0 Å². The van der Waals surface area contributed by atoms with Gasteiger partial charge in [-0.2, -0.15) is 0 Å². The Balaban J connectivity index is 1.63. The van der Waals surface area contributed by atoms with Crippen LogP contribution in [0.15, 0.2) is 18.2 Å². The highest BCUT2D eigenvalue weighted by molar-refractivity contribution is 6.15. The van der Waals surface area contributed by atoms with E-state index in [0.29, 0.717) is 5.69 Å². The standard InChI is InChI=1S/C24H31N3O4/c1-3-14-10-11-17-16(12-14)24(23(31)25-17)19-18(20(26-24)13(2)28)21(29)27(22(19)30)15-8-6-4-5-7-9-15/h10-13,15,18-20,26,28H,3-9H2,1-2H3,(H,25,31)/t13-,18-,19-,20-,24+/m0/s1. The lowest BCUT2D eigenvalue weighted by Gasteiger charge is -2.32. The number of benzene rings is 1. The van der Waals surface area contributed by atoms with E-state index in [1.54, 1.807) is 6.92 Å². The number of anilines is 1. The van der Waals surface area contributed by atoms with Gasteiger partial charge >= 0.3 is 0 Å². The first-order valence-electron chi connectivity index (χ1n) is 11.7. The number of aliphatic hydroxyl groups excluding tert-OH is 1. The van der Waals surface area contributed by atoms with E-state index in [1.165, 1.54) is 4.90 Å². The van der Waals surface area contributed by atoms with E-state index < -0.39 is 29.5 Å². The molecule has 31 heavy (non-hydrogen) atoms. The maximum Gasteiger partial charge on any atom is 0.250 e. The average molecular weight is 426 g/mol. The zero-order valence-electron chi connectivity index (χ0n) is 18.2. The summed E-state index contributed by atoms with van der Waals surface area (Å²) in [4.78, 5) is 42.4. The van der Waals surface area contributed by atoms with Crippen molar-refractivity contribution in [2.45, 2.75) is 82.5 Å². The van der Waals surface area contributed by atoms with Crippen molar-refractivity contribution in [1.29, 1.82) is 0 Å². The fourth-order valence-electron chi connectivity index (χ4n) is 6.31. The fraction of sp³-hybridized carbons (Fsp3) is 0.625. The molecular weight excluding hydrogens is 394 g/mol. The summed E-state index contributed by atoms with van der Waals surface area (Å²) in [5.74, 6) is -2.38. The van der Waals surface area contributed by atoms with Crippen molar-refractivity contribution < 1.29 is 19.5 Å². The molecule has 2 saturated heterocycles. The summed E-state index contributed by atoms with van der Waals surface area (Å²) in [5.41, 5.74) is 1.14. The minimum absolute atomic E-state index is 0.106. The summed E-state index contributed by atoms with van der Waals surface area (Å²) in [6, 6.07) is 5.05. The van der Waals surface area contributed by atoms with Crippen LogP contribution in [0.2, 0.25) is 0 Å². The number of fused-ring (bicyclic) bond motifs is 4. The van der Waals surface area contributed by atoms with Gasteiger partial charge in [0.25, 0.3) is 0 Å². The van der Waals surface area contributed by atoms with Crippen molar-refractivity contribution in [3.8, 4) is 0 Å². The Morgan fingerprint density at radius 2 is 1.84 bits per heavy atom. The van der Waals surface area contributed by atoms with Gasteiger partial charge in [0.15, 0.2) is 0 Å². The highest BCUT2D eigenvalue weighted by Crippen LogP contribution is 2.54. The van der Waals surface area contributed by atoms with E-state index >= 15 is 0 Å². The van der Waals surface area contributed by atoms with Crippen LogP contribution in [0.4, 0.5) is 5.69 Å². The number of nitrogens with zero attached hydrogens (tertiary/aromatic N) is 1. The number of likely N-dealkylation sites (tertiary alicyclic amines) is 1. The van der Waals surface area contributed by atoms with Gasteiger partial charge in [0.2, 0.25) is 17.7 Å². The maximum atomic E-state index is 13.9. The lowest BCUT2D eigenvalue weighted by atomic mass is 9.76. The Kier molecular flexibility index (Phi) is 4.94. The van der Waals surface area contributed by atoms with Crippen molar-refractivity contribution >= 4 is 23.4 Å². The largest absolute Gasteiger partial charge is 0.392 e. The van der Waals surface area contributed by atoms with Gasteiger partial charge in [-0.3, -0.25) is 24.6 Å². The third kappa shape index (κ3) is 2.82. The molecule has 3 amide bonds. The fourth-order valence-corrected chi connectivity index (χ4v) is 6.31.